The van der Waals surface area contributed by atoms with E-state index in [2.05, 4.69) is 0 Å². The minimum absolute atomic E-state index is 0.258. The molecule has 0 amide bonds. The number of carbonyl (C=O) groups is 3. The van der Waals surface area contributed by atoms with Crippen LogP contribution in [-0.4, -0.2) is 44.5 Å². The van der Waals surface area contributed by atoms with Crippen molar-refractivity contribution in [1.29, 1.82) is 0 Å². The highest BCUT2D eigenvalue weighted by Gasteiger charge is 2.08. The summed E-state index contributed by atoms with van der Waals surface area (Å²) in [6.07, 6.45) is 4.79. The van der Waals surface area contributed by atoms with Crippen LogP contribution in [0.5, 0.6) is 0 Å². The van der Waals surface area contributed by atoms with E-state index in [1.54, 1.807) is 6.07 Å². The first-order chi connectivity index (χ1) is 13.5. The standard InChI is InChI=1S/C21H23NO5S/c1-16(24)26-13-11-22(12-14-27-17(2)25)19-6-3-18(4-7-19)5-8-20-9-10-21(15-23)28-20/h3-10,15H,11-14H2,1-2H3. The highest BCUT2D eigenvalue weighted by atomic mass is 32.1. The summed E-state index contributed by atoms with van der Waals surface area (Å²) in [6, 6.07) is 11.6. The van der Waals surface area contributed by atoms with Crippen molar-refractivity contribution in [2.24, 2.45) is 0 Å². The maximum atomic E-state index is 11.0. The van der Waals surface area contributed by atoms with E-state index in [-0.39, 0.29) is 25.2 Å². The maximum Gasteiger partial charge on any atom is 0.302 e. The minimum Gasteiger partial charge on any atom is -0.464 e. The Morgan fingerprint density at radius 3 is 1.96 bits per heavy atom. The average molecular weight is 401 g/mol. The van der Waals surface area contributed by atoms with Crippen molar-refractivity contribution >= 4 is 47.4 Å². The van der Waals surface area contributed by atoms with E-state index in [0.29, 0.717) is 18.0 Å². The Hall–Kier alpha value is -2.93. The number of hydrogen-bond acceptors (Lipinski definition) is 7. The van der Waals surface area contributed by atoms with Crippen LogP contribution in [0.1, 0.15) is 34.0 Å². The van der Waals surface area contributed by atoms with Gasteiger partial charge < -0.3 is 14.4 Å². The molecule has 2 rings (SSSR count). The van der Waals surface area contributed by atoms with Gasteiger partial charge in [-0.2, -0.15) is 0 Å². The molecule has 1 aromatic heterocycles. The molecular formula is C21H23NO5S. The van der Waals surface area contributed by atoms with Crippen LogP contribution < -0.4 is 4.90 Å². The van der Waals surface area contributed by atoms with Gasteiger partial charge in [0.1, 0.15) is 13.2 Å². The van der Waals surface area contributed by atoms with Gasteiger partial charge in [-0.05, 0) is 35.9 Å². The number of carbonyl (C=O) groups excluding carboxylic acids is 3. The first kappa shape index (κ1) is 21.4. The Balaban J connectivity index is 2.02. The van der Waals surface area contributed by atoms with Crippen molar-refractivity contribution in [3.8, 4) is 0 Å². The number of ether oxygens (including phenoxy) is 2. The largest absolute Gasteiger partial charge is 0.464 e. The molecule has 0 aliphatic heterocycles. The smallest absolute Gasteiger partial charge is 0.302 e. The fourth-order valence-corrected chi connectivity index (χ4v) is 3.19. The molecule has 0 fully saturated rings. The van der Waals surface area contributed by atoms with Crippen LogP contribution in [0.15, 0.2) is 36.4 Å². The van der Waals surface area contributed by atoms with Crippen molar-refractivity contribution in [3.63, 3.8) is 0 Å². The van der Waals surface area contributed by atoms with E-state index in [0.717, 1.165) is 22.4 Å². The number of anilines is 1. The fraction of sp³-hybridized carbons (Fsp3) is 0.286. The van der Waals surface area contributed by atoms with Crippen LogP contribution >= 0.6 is 11.3 Å². The molecule has 1 aromatic carbocycles. The molecule has 0 radical (unpaired) electrons. The van der Waals surface area contributed by atoms with Crippen molar-refractivity contribution in [2.75, 3.05) is 31.2 Å². The number of nitrogens with zero attached hydrogens (tertiary/aromatic N) is 1. The van der Waals surface area contributed by atoms with Crippen molar-refractivity contribution in [2.45, 2.75) is 13.8 Å². The second-order valence-corrected chi connectivity index (χ2v) is 7.10. The van der Waals surface area contributed by atoms with Crippen LogP contribution in [0.3, 0.4) is 0 Å². The van der Waals surface area contributed by atoms with Gasteiger partial charge >= 0.3 is 11.9 Å². The molecule has 0 saturated carbocycles. The summed E-state index contributed by atoms with van der Waals surface area (Å²) in [6.45, 7) is 4.26. The van der Waals surface area contributed by atoms with E-state index in [1.807, 2.05) is 47.4 Å². The van der Waals surface area contributed by atoms with Crippen LogP contribution in [0.25, 0.3) is 12.2 Å². The topological polar surface area (TPSA) is 72.9 Å². The van der Waals surface area contributed by atoms with E-state index in [4.69, 9.17) is 9.47 Å². The van der Waals surface area contributed by atoms with Crippen molar-refractivity contribution in [3.05, 3.63) is 51.7 Å². The molecule has 0 aliphatic rings. The van der Waals surface area contributed by atoms with E-state index >= 15 is 0 Å². The Morgan fingerprint density at radius 1 is 0.893 bits per heavy atom. The van der Waals surface area contributed by atoms with E-state index < -0.39 is 0 Å². The molecule has 28 heavy (non-hydrogen) atoms. The van der Waals surface area contributed by atoms with Crippen LogP contribution in [0, 0.1) is 0 Å². The normalized spacial score (nSPS) is 10.6. The van der Waals surface area contributed by atoms with Crippen LogP contribution in [-0.2, 0) is 19.1 Å². The summed E-state index contributed by atoms with van der Waals surface area (Å²) in [7, 11) is 0. The lowest BCUT2D eigenvalue weighted by Crippen LogP contribution is -2.31. The minimum atomic E-state index is -0.327. The van der Waals surface area contributed by atoms with Gasteiger partial charge in [-0.1, -0.05) is 18.2 Å². The van der Waals surface area contributed by atoms with Gasteiger partial charge in [0.15, 0.2) is 6.29 Å². The zero-order chi connectivity index (χ0) is 20.4. The molecule has 2 aromatic rings. The Labute approximate surface area is 168 Å². The summed E-state index contributed by atoms with van der Waals surface area (Å²) in [4.78, 5) is 36.4. The molecule has 7 heteroatoms. The zero-order valence-electron chi connectivity index (χ0n) is 15.9. The van der Waals surface area contributed by atoms with Gasteiger partial charge in [-0.3, -0.25) is 14.4 Å². The molecule has 0 bridgehead atoms. The van der Waals surface area contributed by atoms with Crippen molar-refractivity contribution in [1.82, 2.24) is 0 Å². The molecule has 1 heterocycles. The molecule has 0 atom stereocenters. The van der Waals surface area contributed by atoms with E-state index in [1.165, 1.54) is 25.2 Å². The monoisotopic (exact) mass is 401 g/mol. The van der Waals surface area contributed by atoms with Crippen LogP contribution in [0.2, 0.25) is 0 Å². The number of esters is 2. The van der Waals surface area contributed by atoms with Gasteiger partial charge in [0.2, 0.25) is 0 Å². The van der Waals surface area contributed by atoms with Gasteiger partial charge in [0.05, 0.1) is 18.0 Å². The fourth-order valence-electron chi connectivity index (χ4n) is 2.47. The van der Waals surface area contributed by atoms with Gasteiger partial charge in [-0.15, -0.1) is 11.3 Å². The number of thiophene rings is 1. The first-order valence-corrected chi connectivity index (χ1v) is 9.64. The van der Waals surface area contributed by atoms with Crippen molar-refractivity contribution < 1.29 is 23.9 Å². The quantitative estimate of drug-likeness (QED) is 0.447. The molecule has 0 aliphatic carbocycles. The van der Waals surface area contributed by atoms with Gasteiger partial charge in [0, 0.05) is 24.4 Å². The molecule has 0 N–H and O–H groups in total. The molecule has 0 spiro atoms. The summed E-state index contributed by atoms with van der Waals surface area (Å²) < 4.78 is 10.0. The molecule has 148 valence electrons. The van der Waals surface area contributed by atoms with Crippen LogP contribution in [0.4, 0.5) is 5.69 Å². The Kier molecular flexibility index (Phi) is 8.42. The van der Waals surface area contributed by atoms with Gasteiger partial charge in [0.25, 0.3) is 0 Å². The third-order valence-corrected chi connectivity index (χ3v) is 4.77. The number of rotatable bonds is 10. The number of benzene rings is 1. The summed E-state index contributed by atoms with van der Waals surface area (Å²) in [5, 5.41) is 0. The number of aldehydes is 1. The first-order valence-electron chi connectivity index (χ1n) is 8.83. The SMILES string of the molecule is CC(=O)OCCN(CCOC(C)=O)c1ccc(C=Cc2ccc(C=O)s2)cc1. The molecule has 0 unspecified atom stereocenters. The Bertz CT molecular complexity index is 806. The lowest BCUT2D eigenvalue weighted by atomic mass is 10.1. The second-order valence-electron chi connectivity index (χ2n) is 5.95. The molecule has 0 saturated heterocycles. The lowest BCUT2D eigenvalue weighted by Gasteiger charge is -2.24. The predicted molar refractivity (Wildman–Crippen MR) is 111 cm³/mol. The zero-order valence-corrected chi connectivity index (χ0v) is 16.7. The molecule has 6 nitrogen and oxygen atoms in total. The maximum absolute atomic E-state index is 11.0. The third-order valence-electron chi connectivity index (χ3n) is 3.80. The Morgan fingerprint density at radius 2 is 1.46 bits per heavy atom. The van der Waals surface area contributed by atoms with E-state index in [9.17, 15) is 14.4 Å². The summed E-state index contributed by atoms with van der Waals surface area (Å²) in [5.41, 5.74) is 1.96. The van der Waals surface area contributed by atoms with Gasteiger partial charge in [-0.25, -0.2) is 0 Å². The molecular weight excluding hydrogens is 378 g/mol. The third kappa shape index (κ3) is 7.36. The summed E-state index contributed by atoms with van der Waals surface area (Å²) in [5.74, 6) is -0.654. The predicted octanol–water partition coefficient (Wildman–Crippen LogP) is 3.66. The second kappa shape index (κ2) is 11.0. The highest BCUT2D eigenvalue weighted by molar-refractivity contribution is 7.14. The summed E-state index contributed by atoms with van der Waals surface area (Å²) >= 11 is 1.44. The highest BCUT2D eigenvalue weighted by Crippen LogP contribution is 2.20. The average Bonchev–Trinajstić information content (AvgIpc) is 3.13. The lowest BCUT2D eigenvalue weighted by molar-refractivity contribution is -0.141. The number of hydrogen-bond donors (Lipinski definition) is 0.